The molecule has 0 spiro atoms. The van der Waals surface area contributed by atoms with Crippen LogP contribution in [-0.2, 0) is 19.6 Å². The largest absolute Gasteiger partial charge is 0.480 e. The summed E-state index contributed by atoms with van der Waals surface area (Å²) in [5.41, 5.74) is 0. The quantitative estimate of drug-likeness (QED) is 0.555. The Kier molecular flexibility index (Phi) is 6.11. The van der Waals surface area contributed by atoms with Crippen LogP contribution in [0, 0.1) is 5.92 Å². The van der Waals surface area contributed by atoms with Crippen LogP contribution in [0.4, 0.5) is 0 Å². The molecule has 1 atom stereocenters. The van der Waals surface area contributed by atoms with Gasteiger partial charge in [-0.2, -0.15) is 0 Å². The van der Waals surface area contributed by atoms with Gasteiger partial charge in [0, 0.05) is 0 Å². The highest BCUT2D eigenvalue weighted by Gasteiger charge is 2.23. The second-order valence-electron chi connectivity index (χ2n) is 4.05. The van der Waals surface area contributed by atoms with E-state index in [9.17, 15) is 18.0 Å². The summed E-state index contributed by atoms with van der Waals surface area (Å²) in [5.74, 6) is -2.69. The molecule has 0 rings (SSSR count). The number of carboxylic acid groups (broad SMARTS) is 1. The van der Waals surface area contributed by atoms with Crippen LogP contribution in [-0.4, -0.2) is 44.2 Å². The van der Waals surface area contributed by atoms with Gasteiger partial charge in [0.15, 0.2) is 0 Å². The first-order valence-corrected chi connectivity index (χ1v) is 6.76. The van der Waals surface area contributed by atoms with Crippen molar-refractivity contribution in [1.29, 1.82) is 0 Å². The van der Waals surface area contributed by atoms with E-state index < -0.39 is 33.7 Å². The number of hydrogen-bond acceptors (Lipinski definition) is 4. The first-order chi connectivity index (χ1) is 7.68. The fourth-order valence-electron chi connectivity index (χ4n) is 1.17. The number of carbonyl (C=O) groups excluding carboxylic acids is 1. The van der Waals surface area contributed by atoms with Gasteiger partial charge in [0.1, 0.15) is 11.8 Å². The van der Waals surface area contributed by atoms with E-state index in [0.29, 0.717) is 0 Å². The van der Waals surface area contributed by atoms with Gasteiger partial charge in [-0.3, -0.25) is 4.79 Å². The Hall–Kier alpha value is -1.15. The second kappa shape index (κ2) is 6.55. The van der Waals surface area contributed by atoms with Crippen LogP contribution in [0.15, 0.2) is 0 Å². The zero-order valence-electron chi connectivity index (χ0n) is 10.1. The Balaban J connectivity index is 4.47. The molecule has 0 aliphatic rings. The number of nitrogens with one attached hydrogen (secondary N) is 2. The molecule has 8 heteroatoms. The van der Waals surface area contributed by atoms with E-state index in [2.05, 4.69) is 5.32 Å². The predicted molar refractivity (Wildman–Crippen MR) is 61.9 cm³/mol. The lowest BCUT2D eigenvalue weighted by molar-refractivity contribution is -0.141. The molecule has 0 aromatic heterocycles. The lowest BCUT2D eigenvalue weighted by atomic mass is 10.0. The Labute approximate surface area is 101 Å². The summed E-state index contributed by atoms with van der Waals surface area (Å²) in [5, 5.41) is 11.0. The molecule has 0 fully saturated rings. The topological polar surface area (TPSA) is 113 Å². The first kappa shape index (κ1) is 15.9. The average Bonchev–Trinajstić information content (AvgIpc) is 2.15. The molecule has 0 aliphatic carbocycles. The summed E-state index contributed by atoms with van der Waals surface area (Å²) in [6, 6.07) is -1.06. The maximum atomic E-state index is 11.3. The average molecular weight is 266 g/mol. The molecule has 7 nitrogen and oxygen atoms in total. The summed E-state index contributed by atoms with van der Waals surface area (Å²) in [6.45, 7) is 3.62. The zero-order chi connectivity index (χ0) is 13.6. The third kappa shape index (κ3) is 6.90. The summed E-state index contributed by atoms with van der Waals surface area (Å²) in [4.78, 5) is 22.1. The molecule has 0 bridgehead atoms. The van der Waals surface area contributed by atoms with E-state index in [1.807, 2.05) is 18.6 Å². The molecular formula is C9H18N2O5S. The van der Waals surface area contributed by atoms with Gasteiger partial charge in [-0.15, -0.1) is 0 Å². The highest BCUT2D eigenvalue weighted by atomic mass is 32.2. The van der Waals surface area contributed by atoms with Crippen LogP contribution in [0.1, 0.15) is 20.3 Å². The molecule has 3 N–H and O–H groups in total. The van der Waals surface area contributed by atoms with Crippen LogP contribution in [0.2, 0.25) is 0 Å². The highest BCUT2D eigenvalue weighted by molar-refractivity contribution is 7.90. The van der Waals surface area contributed by atoms with Gasteiger partial charge in [-0.25, -0.2) is 17.9 Å². The summed E-state index contributed by atoms with van der Waals surface area (Å²) in [7, 11) is -2.49. The molecular weight excluding hydrogens is 248 g/mol. The number of amides is 1. The first-order valence-electron chi connectivity index (χ1n) is 5.11. The smallest absolute Gasteiger partial charge is 0.326 e. The molecule has 17 heavy (non-hydrogen) atoms. The van der Waals surface area contributed by atoms with Gasteiger partial charge in [0.2, 0.25) is 15.9 Å². The van der Waals surface area contributed by atoms with Crippen LogP contribution in [0.25, 0.3) is 0 Å². The molecule has 0 saturated heterocycles. The molecule has 100 valence electrons. The number of sulfonamides is 1. The Bertz CT molecular complexity index is 377. The van der Waals surface area contributed by atoms with Crippen LogP contribution >= 0.6 is 0 Å². The Morgan fingerprint density at radius 3 is 2.18 bits per heavy atom. The van der Waals surface area contributed by atoms with Crippen molar-refractivity contribution in [3.8, 4) is 0 Å². The third-order valence-corrected chi connectivity index (χ3v) is 3.24. The number of carboxylic acids is 1. The Morgan fingerprint density at radius 2 is 1.82 bits per heavy atom. The van der Waals surface area contributed by atoms with Gasteiger partial charge >= 0.3 is 5.97 Å². The fraction of sp³-hybridized carbons (Fsp3) is 0.778. The maximum Gasteiger partial charge on any atom is 0.326 e. The SMILES string of the molecule is CNS(=O)(=O)CC(=O)N[C@H](CC(C)C)C(=O)O. The zero-order valence-corrected chi connectivity index (χ0v) is 10.9. The molecule has 0 radical (unpaired) electrons. The minimum Gasteiger partial charge on any atom is -0.480 e. The van der Waals surface area contributed by atoms with Gasteiger partial charge in [0.25, 0.3) is 0 Å². The van der Waals surface area contributed by atoms with Crippen LogP contribution in [0.5, 0.6) is 0 Å². The van der Waals surface area contributed by atoms with E-state index in [1.54, 1.807) is 0 Å². The van der Waals surface area contributed by atoms with Crippen molar-refractivity contribution in [2.24, 2.45) is 5.92 Å². The summed E-state index contributed by atoms with van der Waals surface area (Å²) < 4.78 is 24.1. The summed E-state index contributed by atoms with van der Waals surface area (Å²) in [6.07, 6.45) is 0.251. The lowest BCUT2D eigenvalue weighted by Crippen LogP contribution is -2.45. The van der Waals surface area contributed by atoms with Crippen molar-refractivity contribution in [2.45, 2.75) is 26.3 Å². The van der Waals surface area contributed by atoms with Crippen molar-refractivity contribution >= 4 is 21.9 Å². The van der Waals surface area contributed by atoms with Crippen molar-refractivity contribution < 1.29 is 23.1 Å². The molecule has 0 heterocycles. The molecule has 1 amide bonds. The van der Waals surface area contributed by atoms with E-state index in [1.165, 1.54) is 7.05 Å². The van der Waals surface area contributed by atoms with Crippen molar-refractivity contribution in [2.75, 3.05) is 12.8 Å². The van der Waals surface area contributed by atoms with E-state index >= 15 is 0 Å². The van der Waals surface area contributed by atoms with E-state index in [4.69, 9.17) is 5.11 Å². The fourth-order valence-corrected chi connectivity index (χ4v) is 1.75. The van der Waals surface area contributed by atoms with Crippen LogP contribution < -0.4 is 10.0 Å². The third-order valence-electron chi connectivity index (χ3n) is 1.97. The molecule has 0 aliphatic heterocycles. The second-order valence-corrected chi connectivity index (χ2v) is 5.98. The van der Waals surface area contributed by atoms with Gasteiger partial charge in [-0.1, -0.05) is 13.8 Å². The van der Waals surface area contributed by atoms with Crippen molar-refractivity contribution in [3.05, 3.63) is 0 Å². The van der Waals surface area contributed by atoms with E-state index in [0.717, 1.165) is 0 Å². The number of hydrogen-bond donors (Lipinski definition) is 3. The molecule has 0 saturated carbocycles. The van der Waals surface area contributed by atoms with Crippen LogP contribution in [0.3, 0.4) is 0 Å². The lowest BCUT2D eigenvalue weighted by Gasteiger charge is -2.16. The number of carbonyl (C=O) groups is 2. The maximum absolute atomic E-state index is 11.3. The Morgan fingerprint density at radius 1 is 1.29 bits per heavy atom. The van der Waals surface area contributed by atoms with E-state index in [-0.39, 0.29) is 12.3 Å². The minimum absolute atomic E-state index is 0.0808. The monoisotopic (exact) mass is 266 g/mol. The predicted octanol–water partition coefficient (Wildman–Crippen LogP) is -0.849. The van der Waals surface area contributed by atoms with Crippen molar-refractivity contribution in [3.63, 3.8) is 0 Å². The minimum atomic E-state index is -3.67. The van der Waals surface area contributed by atoms with Gasteiger partial charge < -0.3 is 10.4 Å². The normalized spacial score (nSPS) is 13.4. The summed E-state index contributed by atoms with van der Waals surface area (Å²) >= 11 is 0. The number of rotatable bonds is 7. The van der Waals surface area contributed by atoms with Gasteiger partial charge in [0.05, 0.1) is 0 Å². The number of aliphatic carboxylic acids is 1. The highest BCUT2D eigenvalue weighted by Crippen LogP contribution is 2.04. The molecule has 0 unspecified atom stereocenters. The molecule has 0 aromatic rings. The van der Waals surface area contributed by atoms with Crippen molar-refractivity contribution in [1.82, 2.24) is 10.0 Å². The van der Waals surface area contributed by atoms with Gasteiger partial charge in [-0.05, 0) is 19.4 Å². The molecule has 0 aromatic carbocycles. The standard InChI is InChI=1S/C9H18N2O5S/c1-6(2)4-7(9(13)14)11-8(12)5-17(15,16)10-3/h6-7,10H,4-5H2,1-3H3,(H,11,12)(H,13,14)/t7-/m1/s1.